The lowest BCUT2D eigenvalue weighted by atomic mass is 9.88. The average Bonchev–Trinajstić information content (AvgIpc) is 2.37. The summed E-state index contributed by atoms with van der Waals surface area (Å²) in [7, 11) is 0. The fourth-order valence-electron chi connectivity index (χ4n) is 1.89. The van der Waals surface area contributed by atoms with E-state index in [1.54, 1.807) is 6.92 Å². The molecule has 106 valence electrons. The maximum atomic E-state index is 13.4. The van der Waals surface area contributed by atoms with Crippen molar-refractivity contribution in [3.63, 3.8) is 0 Å². The highest BCUT2D eigenvalue weighted by Gasteiger charge is 2.43. The summed E-state index contributed by atoms with van der Waals surface area (Å²) < 4.78 is 62.7. The first-order valence-electron chi connectivity index (χ1n) is 5.75. The fraction of sp³-hybridized carbons (Fsp3) is 0.500. The summed E-state index contributed by atoms with van der Waals surface area (Å²) in [6.07, 6.45) is -2.37. The normalized spacial score (nSPS) is 26.1. The molecule has 2 rings (SSSR count). The van der Waals surface area contributed by atoms with Gasteiger partial charge >= 0.3 is 0 Å². The Bertz CT molecular complexity index is 454. The SMILES string of the molecule is CCOC1C(O)CC1Oc1c(F)c(F)cc(F)c1F. The highest BCUT2D eigenvalue weighted by Crippen LogP contribution is 2.33. The molecule has 3 nitrogen and oxygen atoms in total. The van der Waals surface area contributed by atoms with Crippen molar-refractivity contribution in [2.75, 3.05) is 6.61 Å². The molecule has 0 amide bonds. The smallest absolute Gasteiger partial charge is 0.203 e. The van der Waals surface area contributed by atoms with Gasteiger partial charge in [-0.3, -0.25) is 0 Å². The molecule has 0 radical (unpaired) electrons. The zero-order valence-electron chi connectivity index (χ0n) is 10.00. The van der Waals surface area contributed by atoms with Crippen LogP contribution in [0.15, 0.2) is 6.07 Å². The third kappa shape index (κ3) is 2.52. The van der Waals surface area contributed by atoms with Gasteiger partial charge in [0.25, 0.3) is 0 Å². The first-order valence-corrected chi connectivity index (χ1v) is 5.75. The zero-order chi connectivity index (χ0) is 14.2. The minimum atomic E-state index is -1.60. The van der Waals surface area contributed by atoms with E-state index in [9.17, 15) is 22.7 Å². The second-order valence-electron chi connectivity index (χ2n) is 4.18. The molecule has 0 heterocycles. The Hall–Kier alpha value is -1.34. The molecule has 19 heavy (non-hydrogen) atoms. The topological polar surface area (TPSA) is 38.7 Å². The van der Waals surface area contributed by atoms with Crippen LogP contribution in [0.4, 0.5) is 17.6 Å². The highest BCUT2D eigenvalue weighted by atomic mass is 19.2. The molecule has 1 aromatic carbocycles. The van der Waals surface area contributed by atoms with E-state index < -0.39 is 47.3 Å². The van der Waals surface area contributed by atoms with Gasteiger partial charge in [0.05, 0.1) is 6.10 Å². The number of hydrogen-bond donors (Lipinski definition) is 1. The van der Waals surface area contributed by atoms with Crippen molar-refractivity contribution in [2.45, 2.75) is 31.7 Å². The molecule has 1 fully saturated rings. The summed E-state index contributed by atoms with van der Waals surface area (Å²) in [4.78, 5) is 0. The molecule has 1 N–H and O–H groups in total. The van der Waals surface area contributed by atoms with Crippen LogP contribution in [0.25, 0.3) is 0 Å². The van der Waals surface area contributed by atoms with Crippen LogP contribution in [0.1, 0.15) is 13.3 Å². The molecule has 3 unspecified atom stereocenters. The first kappa shape index (κ1) is 14.1. The highest BCUT2D eigenvalue weighted by molar-refractivity contribution is 5.29. The van der Waals surface area contributed by atoms with Crippen molar-refractivity contribution in [1.29, 1.82) is 0 Å². The van der Waals surface area contributed by atoms with Crippen molar-refractivity contribution < 1.29 is 32.1 Å². The number of aliphatic hydroxyl groups excluding tert-OH is 1. The minimum absolute atomic E-state index is 0.0711. The van der Waals surface area contributed by atoms with E-state index in [-0.39, 0.29) is 19.1 Å². The molecule has 0 aliphatic heterocycles. The number of benzene rings is 1. The molecule has 3 atom stereocenters. The Kier molecular flexibility index (Phi) is 3.96. The van der Waals surface area contributed by atoms with Crippen LogP contribution in [-0.4, -0.2) is 30.0 Å². The van der Waals surface area contributed by atoms with Crippen LogP contribution in [0.3, 0.4) is 0 Å². The number of aliphatic hydroxyl groups is 1. The Balaban J connectivity index is 2.20. The van der Waals surface area contributed by atoms with Gasteiger partial charge in [0, 0.05) is 19.1 Å². The summed E-state index contributed by atoms with van der Waals surface area (Å²) in [6, 6.07) is 0.104. The van der Waals surface area contributed by atoms with Crippen LogP contribution in [0.5, 0.6) is 5.75 Å². The summed E-state index contributed by atoms with van der Waals surface area (Å²) in [5, 5.41) is 9.39. The lowest BCUT2D eigenvalue weighted by molar-refractivity contribution is -0.161. The van der Waals surface area contributed by atoms with Gasteiger partial charge in [0.2, 0.25) is 11.6 Å². The van der Waals surface area contributed by atoms with Crippen molar-refractivity contribution in [3.05, 3.63) is 29.3 Å². The van der Waals surface area contributed by atoms with Crippen LogP contribution in [0.2, 0.25) is 0 Å². The lowest BCUT2D eigenvalue weighted by Gasteiger charge is -2.40. The van der Waals surface area contributed by atoms with E-state index in [1.807, 2.05) is 0 Å². The monoisotopic (exact) mass is 280 g/mol. The van der Waals surface area contributed by atoms with E-state index in [0.29, 0.717) is 0 Å². The van der Waals surface area contributed by atoms with Crippen LogP contribution < -0.4 is 4.74 Å². The van der Waals surface area contributed by atoms with Gasteiger partial charge in [-0.25, -0.2) is 8.78 Å². The average molecular weight is 280 g/mol. The maximum absolute atomic E-state index is 13.4. The van der Waals surface area contributed by atoms with Gasteiger partial charge in [0.1, 0.15) is 12.2 Å². The number of ether oxygens (including phenoxy) is 2. The fourth-order valence-corrected chi connectivity index (χ4v) is 1.89. The van der Waals surface area contributed by atoms with E-state index >= 15 is 0 Å². The van der Waals surface area contributed by atoms with Gasteiger partial charge in [0.15, 0.2) is 17.4 Å². The molecule has 1 aliphatic carbocycles. The molecule has 0 spiro atoms. The van der Waals surface area contributed by atoms with Crippen LogP contribution in [0, 0.1) is 23.3 Å². The number of rotatable bonds is 4. The third-order valence-corrected chi connectivity index (χ3v) is 2.92. The standard InChI is InChI=1S/C12H12F4O3/c1-2-18-11-7(17)4-8(11)19-12-9(15)5(13)3-6(14)10(12)16/h3,7-8,11,17H,2,4H2,1H3. The van der Waals surface area contributed by atoms with Crippen molar-refractivity contribution in [2.24, 2.45) is 0 Å². The Morgan fingerprint density at radius 3 is 2.26 bits per heavy atom. The van der Waals surface area contributed by atoms with E-state index in [4.69, 9.17) is 9.47 Å². The molecule has 0 aromatic heterocycles. The van der Waals surface area contributed by atoms with Crippen LogP contribution in [-0.2, 0) is 4.74 Å². The molecular weight excluding hydrogens is 268 g/mol. The summed E-state index contributed by atoms with van der Waals surface area (Å²) in [5.74, 6) is -7.41. The van der Waals surface area contributed by atoms with Gasteiger partial charge in [-0.1, -0.05) is 0 Å². The van der Waals surface area contributed by atoms with Crippen molar-refractivity contribution in [3.8, 4) is 5.75 Å². The zero-order valence-corrected chi connectivity index (χ0v) is 10.00. The third-order valence-electron chi connectivity index (χ3n) is 2.92. The molecule has 7 heteroatoms. The molecule has 1 aliphatic rings. The van der Waals surface area contributed by atoms with Crippen molar-refractivity contribution in [1.82, 2.24) is 0 Å². The summed E-state index contributed by atoms with van der Waals surface area (Å²) in [6.45, 7) is 1.94. The minimum Gasteiger partial charge on any atom is -0.481 e. The van der Waals surface area contributed by atoms with Gasteiger partial charge < -0.3 is 14.6 Å². The molecular formula is C12H12F4O3. The Labute approximate surface area is 106 Å². The molecule has 1 aromatic rings. The number of halogens is 4. The van der Waals surface area contributed by atoms with E-state index in [1.165, 1.54) is 0 Å². The van der Waals surface area contributed by atoms with Gasteiger partial charge in [-0.15, -0.1) is 0 Å². The Morgan fingerprint density at radius 2 is 1.79 bits per heavy atom. The number of hydrogen-bond acceptors (Lipinski definition) is 3. The predicted octanol–water partition coefficient (Wildman–Crippen LogP) is 2.16. The predicted molar refractivity (Wildman–Crippen MR) is 56.7 cm³/mol. The molecule has 1 saturated carbocycles. The second kappa shape index (κ2) is 5.34. The summed E-state index contributed by atoms with van der Waals surface area (Å²) >= 11 is 0. The van der Waals surface area contributed by atoms with Gasteiger partial charge in [-0.2, -0.15) is 8.78 Å². The van der Waals surface area contributed by atoms with E-state index in [0.717, 1.165) is 0 Å². The Morgan fingerprint density at radius 1 is 1.21 bits per heavy atom. The molecule has 0 saturated heterocycles. The van der Waals surface area contributed by atoms with Crippen molar-refractivity contribution >= 4 is 0 Å². The molecule has 0 bridgehead atoms. The summed E-state index contributed by atoms with van der Waals surface area (Å²) in [5.41, 5.74) is 0. The largest absolute Gasteiger partial charge is 0.481 e. The van der Waals surface area contributed by atoms with Crippen LogP contribution >= 0.6 is 0 Å². The lowest BCUT2D eigenvalue weighted by Crippen LogP contribution is -2.55. The maximum Gasteiger partial charge on any atom is 0.203 e. The quantitative estimate of drug-likeness (QED) is 0.678. The second-order valence-corrected chi connectivity index (χ2v) is 4.18. The first-order chi connectivity index (χ1) is 8.95. The van der Waals surface area contributed by atoms with E-state index in [2.05, 4.69) is 0 Å². The van der Waals surface area contributed by atoms with Gasteiger partial charge in [-0.05, 0) is 6.92 Å².